The van der Waals surface area contributed by atoms with Crippen molar-refractivity contribution in [2.45, 2.75) is 33.8 Å². The summed E-state index contributed by atoms with van der Waals surface area (Å²) in [7, 11) is 0. The van der Waals surface area contributed by atoms with Crippen LogP contribution in [0.15, 0.2) is 24.3 Å². The fraction of sp³-hybridized carbons (Fsp3) is 0.333. The number of aryl methyl sites for hydroxylation is 1. The predicted molar refractivity (Wildman–Crippen MR) is 89.4 cm³/mol. The highest BCUT2D eigenvalue weighted by Gasteiger charge is 2.19. The smallest absolute Gasteiger partial charge is 0.387 e. The second kappa shape index (κ2) is 7.92. The molecule has 0 unspecified atom stereocenters. The summed E-state index contributed by atoms with van der Waals surface area (Å²) in [6, 6.07) is 6.26. The van der Waals surface area contributed by atoms with E-state index in [4.69, 9.17) is 0 Å². The van der Waals surface area contributed by atoms with Crippen LogP contribution in [0.5, 0.6) is 5.75 Å². The molecule has 0 bridgehead atoms. The van der Waals surface area contributed by atoms with E-state index in [2.05, 4.69) is 15.0 Å². The normalized spacial score (nSPS) is 10.8. The summed E-state index contributed by atoms with van der Waals surface area (Å²) in [5, 5.41) is 2.78. The van der Waals surface area contributed by atoms with Gasteiger partial charge in [-0.15, -0.1) is 0 Å². The minimum atomic E-state index is -2.85. The first kappa shape index (κ1) is 18.6. The van der Waals surface area contributed by atoms with Crippen molar-refractivity contribution < 1.29 is 23.1 Å². The predicted octanol–water partition coefficient (Wildman–Crippen LogP) is 3.41. The fourth-order valence-corrected chi connectivity index (χ4v) is 2.75. The lowest BCUT2D eigenvalue weighted by Crippen LogP contribution is -2.26. The molecule has 0 aliphatic carbocycles. The Balaban J connectivity index is 1.93. The van der Waals surface area contributed by atoms with Gasteiger partial charge in [-0.3, -0.25) is 9.59 Å². The summed E-state index contributed by atoms with van der Waals surface area (Å²) in [5.41, 5.74) is 3.11. The molecule has 134 valence electrons. The Bertz CT molecular complexity index is 767. The zero-order valence-corrected chi connectivity index (χ0v) is 14.3. The van der Waals surface area contributed by atoms with E-state index in [-0.39, 0.29) is 17.4 Å². The van der Waals surface area contributed by atoms with Crippen LogP contribution in [0.25, 0.3) is 0 Å². The van der Waals surface area contributed by atoms with Crippen molar-refractivity contribution in [3.05, 3.63) is 52.3 Å². The molecule has 0 fully saturated rings. The zero-order valence-electron chi connectivity index (χ0n) is 14.3. The van der Waals surface area contributed by atoms with Crippen LogP contribution in [-0.4, -0.2) is 29.8 Å². The average Bonchev–Trinajstić information content (AvgIpc) is 2.83. The van der Waals surface area contributed by atoms with Crippen molar-refractivity contribution in [2.75, 3.05) is 6.54 Å². The number of rotatable bonds is 7. The molecule has 2 aromatic rings. The Kier molecular flexibility index (Phi) is 5.90. The lowest BCUT2D eigenvalue weighted by Gasteiger charge is -2.07. The van der Waals surface area contributed by atoms with E-state index in [1.807, 2.05) is 0 Å². The summed E-state index contributed by atoms with van der Waals surface area (Å²) in [5.74, 6) is -0.279. The Morgan fingerprint density at radius 2 is 1.84 bits per heavy atom. The highest BCUT2D eigenvalue weighted by atomic mass is 19.3. The van der Waals surface area contributed by atoms with E-state index in [9.17, 15) is 18.4 Å². The molecule has 2 N–H and O–H groups in total. The maximum atomic E-state index is 12.3. The van der Waals surface area contributed by atoms with Crippen molar-refractivity contribution in [3.8, 4) is 5.75 Å². The number of Topliss-reactive ketones (excluding diaryl/α,β-unsaturated/α-hetero) is 1. The van der Waals surface area contributed by atoms with Gasteiger partial charge in [-0.2, -0.15) is 8.78 Å². The third-order valence-electron chi connectivity index (χ3n) is 3.86. The number of carbonyl (C=O) groups excluding carboxylic acids is 2. The molecular formula is C18H20F2N2O3. The number of hydrogen-bond donors (Lipinski definition) is 2. The van der Waals surface area contributed by atoms with E-state index in [0.29, 0.717) is 35.5 Å². The zero-order chi connectivity index (χ0) is 18.6. The summed E-state index contributed by atoms with van der Waals surface area (Å²) in [4.78, 5) is 26.8. The monoisotopic (exact) mass is 350 g/mol. The first-order valence-electron chi connectivity index (χ1n) is 7.81. The van der Waals surface area contributed by atoms with E-state index in [1.165, 1.54) is 19.1 Å². The molecule has 1 aromatic heterocycles. The maximum Gasteiger partial charge on any atom is 0.387 e. The Morgan fingerprint density at radius 3 is 2.36 bits per heavy atom. The number of H-pyrrole nitrogens is 1. The number of amides is 1. The summed E-state index contributed by atoms with van der Waals surface area (Å²) < 4.78 is 28.5. The Morgan fingerprint density at radius 1 is 1.20 bits per heavy atom. The molecule has 1 heterocycles. The number of ether oxygens (including phenoxy) is 1. The third kappa shape index (κ3) is 4.65. The van der Waals surface area contributed by atoms with Crippen molar-refractivity contribution in [1.29, 1.82) is 0 Å². The van der Waals surface area contributed by atoms with Crippen LogP contribution in [0.4, 0.5) is 8.78 Å². The molecule has 0 saturated carbocycles. The number of aromatic amines is 1. The molecule has 0 atom stereocenters. The number of benzene rings is 1. The lowest BCUT2D eigenvalue weighted by atomic mass is 10.1. The number of alkyl halides is 2. The highest BCUT2D eigenvalue weighted by Crippen LogP contribution is 2.18. The van der Waals surface area contributed by atoms with Crippen LogP contribution in [0, 0.1) is 13.8 Å². The van der Waals surface area contributed by atoms with Gasteiger partial charge in [0, 0.05) is 17.8 Å². The molecule has 1 amide bonds. The minimum absolute atomic E-state index is 0.0867. The molecule has 5 nitrogen and oxygen atoms in total. The SMILES string of the molecule is CC(=O)c1c(C)[nH]c(C(=O)NCCc2ccc(OC(F)F)cc2)c1C. The molecule has 1 aromatic carbocycles. The second-order valence-corrected chi connectivity index (χ2v) is 5.71. The third-order valence-corrected chi connectivity index (χ3v) is 3.86. The van der Waals surface area contributed by atoms with E-state index in [0.717, 1.165) is 5.56 Å². The second-order valence-electron chi connectivity index (χ2n) is 5.71. The standard InChI is InChI=1S/C18H20F2N2O3/c1-10-15(12(3)23)11(2)22-16(10)17(24)21-9-8-13-4-6-14(7-5-13)25-18(19)20/h4-7,18,22H,8-9H2,1-3H3,(H,21,24). The van der Waals surface area contributed by atoms with Gasteiger partial charge >= 0.3 is 6.61 Å². The summed E-state index contributed by atoms with van der Waals surface area (Å²) in [6.45, 7) is 2.48. The van der Waals surface area contributed by atoms with Crippen LogP contribution in [0.2, 0.25) is 0 Å². The van der Waals surface area contributed by atoms with Crippen molar-refractivity contribution in [1.82, 2.24) is 10.3 Å². The van der Waals surface area contributed by atoms with E-state index < -0.39 is 6.61 Å². The number of aromatic nitrogens is 1. The van der Waals surface area contributed by atoms with Gasteiger partial charge in [-0.05, 0) is 50.5 Å². The maximum absolute atomic E-state index is 12.3. The van der Waals surface area contributed by atoms with E-state index >= 15 is 0 Å². The van der Waals surface area contributed by atoms with Gasteiger partial charge in [0.05, 0.1) is 0 Å². The van der Waals surface area contributed by atoms with Crippen LogP contribution in [0.3, 0.4) is 0 Å². The fourth-order valence-electron chi connectivity index (χ4n) is 2.75. The van der Waals surface area contributed by atoms with Crippen molar-refractivity contribution in [2.24, 2.45) is 0 Å². The lowest BCUT2D eigenvalue weighted by molar-refractivity contribution is -0.0498. The van der Waals surface area contributed by atoms with Gasteiger partial charge in [0.25, 0.3) is 5.91 Å². The minimum Gasteiger partial charge on any atom is -0.435 e. The van der Waals surface area contributed by atoms with Crippen molar-refractivity contribution in [3.63, 3.8) is 0 Å². The quantitative estimate of drug-likeness (QED) is 0.752. The topological polar surface area (TPSA) is 71.2 Å². The van der Waals surface area contributed by atoms with Crippen LogP contribution >= 0.6 is 0 Å². The Hall–Kier alpha value is -2.70. The van der Waals surface area contributed by atoms with Crippen LogP contribution < -0.4 is 10.1 Å². The molecule has 0 saturated heterocycles. The molecule has 0 aliphatic heterocycles. The van der Waals surface area contributed by atoms with Gasteiger partial charge in [-0.25, -0.2) is 0 Å². The molecule has 0 spiro atoms. The van der Waals surface area contributed by atoms with E-state index in [1.54, 1.807) is 26.0 Å². The highest BCUT2D eigenvalue weighted by molar-refractivity contribution is 6.02. The Labute approximate surface area is 144 Å². The molecule has 0 radical (unpaired) electrons. The number of nitrogens with one attached hydrogen (secondary N) is 2. The molecule has 7 heteroatoms. The van der Waals surface area contributed by atoms with Gasteiger partial charge in [0.15, 0.2) is 5.78 Å². The first-order valence-corrected chi connectivity index (χ1v) is 7.81. The summed E-state index contributed by atoms with van der Waals surface area (Å²) >= 11 is 0. The van der Waals surface area contributed by atoms with Gasteiger partial charge in [0.1, 0.15) is 11.4 Å². The molecule has 0 aliphatic rings. The molecule has 2 rings (SSSR count). The van der Waals surface area contributed by atoms with Crippen LogP contribution in [-0.2, 0) is 6.42 Å². The summed E-state index contributed by atoms with van der Waals surface area (Å²) in [6.07, 6.45) is 0.541. The largest absolute Gasteiger partial charge is 0.435 e. The number of hydrogen-bond acceptors (Lipinski definition) is 3. The number of halogens is 2. The molecule has 25 heavy (non-hydrogen) atoms. The number of carbonyl (C=O) groups is 2. The first-order chi connectivity index (χ1) is 11.8. The van der Waals surface area contributed by atoms with Gasteiger partial charge in [0.2, 0.25) is 0 Å². The van der Waals surface area contributed by atoms with Gasteiger partial charge in [-0.1, -0.05) is 12.1 Å². The molecular weight excluding hydrogens is 330 g/mol. The number of ketones is 1. The van der Waals surface area contributed by atoms with Crippen molar-refractivity contribution >= 4 is 11.7 Å². The average molecular weight is 350 g/mol. The van der Waals surface area contributed by atoms with Gasteiger partial charge < -0.3 is 15.0 Å². The van der Waals surface area contributed by atoms with Crippen LogP contribution in [0.1, 0.15) is 44.6 Å².